The molecule has 2 aromatic carbocycles. The lowest BCUT2D eigenvalue weighted by molar-refractivity contribution is 0.290. The van der Waals surface area contributed by atoms with Crippen molar-refractivity contribution in [1.29, 1.82) is 0 Å². The van der Waals surface area contributed by atoms with E-state index in [1.165, 1.54) is 5.56 Å². The molecule has 0 saturated carbocycles. The Morgan fingerprint density at radius 2 is 1.87 bits per heavy atom. The number of fused-ring (bicyclic) bond motifs is 1. The second kappa shape index (κ2) is 6.12. The van der Waals surface area contributed by atoms with Crippen molar-refractivity contribution < 1.29 is 9.84 Å². The van der Waals surface area contributed by atoms with Gasteiger partial charge in [-0.15, -0.1) is 4.91 Å². The van der Waals surface area contributed by atoms with Gasteiger partial charge in [-0.1, -0.05) is 29.8 Å². The Morgan fingerprint density at radius 1 is 1.13 bits per heavy atom. The van der Waals surface area contributed by atoms with Gasteiger partial charge in [0.2, 0.25) is 5.88 Å². The Bertz CT molecular complexity index is 851. The normalized spacial score (nSPS) is 10.9. The van der Waals surface area contributed by atoms with Crippen LogP contribution >= 0.6 is 0 Å². The van der Waals surface area contributed by atoms with Gasteiger partial charge in [-0.3, -0.25) is 0 Å². The third kappa shape index (κ3) is 2.77. The Balaban J connectivity index is 1.85. The Hall–Kier alpha value is -2.82. The summed E-state index contributed by atoms with van der Waals surface area (Å²) in [6.07, 6.45) is 0. The third-order valence-corrected chi connectivity index (χ3v) is 3.94. The van der Waals surface area contributed by atoms with Gasteiger partial charge < -0.3 is 14.4 Å². The molecule has 0 spiro atoms. The molecule has 0 aliphatic heterocycles. The Kier molecular flexibility index (Phi) is 4.02. The van der Waals surface area contributed by atoms with Crippen LogP contribution in [0.4, 0.5) is 5.69 Å². The van der Waals surface area contributed by atoms with Crippen molar-refractivity contribution in [2.24, 2.45) is 5.18 Å². The lowest BCUT2D eigenvalue weighted by Gasteiger charge is -2.09. The molecule has 0 aliphatic rings. The van der Waals surface area contributed by atoms with Gasteiger partial charge in [0, 0.05) is 5.39 Å². The van der Waals surface area contributed by atoms with Crippen LogP contribution in [-0.2, 0) is 6.54 Å². The van der Waals surface area contributed by atoms with Crippen LogP contribution in [0.2, 0.25) is 0 Å². The number of ether oxygens (including phenoxy) is 1. The first-order valence-electron chi connectivity index (χ1n) is 7.45. The predicted molar refractivity (Wildman–Crippen MR) is 90.5 cm³/mol. The van der Waals surface area contributed by atoms with E-state index in [1.54, 1.807) is 4.57 Å². The van der Waals surface area contributed by atoms with Crippen LogP contribution in [-0.4, -0.2) is 16.3 Å². The Labute approximate surface area is 134 Å². The van der Waals surface area contributed by atoms with E-state index in [0.717, 1.165) is 16.8 Å². The number of hydrogen-bond acceptors (Lipinski definition) is 4. The average molecular weight is 310 g/mol. The third-order valence-electron chi connectivity index (χ3n) is 3.94. The minimum absolute atomic E-state index is 0.0911. The zero-order valence-electron chi connectivity index (χ0n) is 13.1. The molecular formula is C18H18N2O3. The van der Waals surface area contributed by atoms with Crippen molar-refractivity contribution in [3.8, 4) is 11.6 Å². The van der Waals surface area contributed by atoms with Crippen LogP contribution in [0.25, 0.3) is 10.9 Å². The van der Waals surface area contributed by atoms with E-state index in [1.807, 2.05) is 56.3 Å². The summed E-state index contributed by atoms with van der Waals surface area (Å²) in [6.45, 7) is 4.72. The monoisotopic (exact) mass is 310 g/mol. The van der Waals surface area contributed by atoms with Crippen molar-refractivity contribution in [3.05, 3.63) is 58.5 Å². The molecule has 23 heavy (non-hydrogen) atoms. The molecule has 5 nitrogen and oxygen atoms in total. The number of benzene rings is 2. The molecular weight excluding hydrogens is 292 g/mol. The zero-order chi connectivity index (χ0) is 16.4. The molecule has 0 fully saturated rings. The summed E-state index contributed by atoms with van der Waals surface area (Å²) in [4.78, 5) is 11.1. The highest BCUT2D eigenvalue weighted by Gasteiger charge is 2.18. The summed E-state index contributed by atoms with van der Waals surface area (Å²) in [5, 5.41) is 14.0. The smallest absolute Gasteiger partial charge is 0.222 e. The van der Waals surface area contributed by atoms with Gasteiger partial charge in [0.25, 0.3) is 0 Å². The fourth-order valence-corrected chi connectivity index (χ4v) is 2.74. The molecule has 118 valence electrons. The first-order chi connectivity index (χ1) is 11.1. The summed E-state index contributed by atoms with van der Waals surface area (Å²) in [6, 6.07) is 13.4. The average Bonchev–Trinajstić information content (AvgIpc) is 2.82. The van der Waals surface area contributed by atoms with E-state index in [2.05, 4.69) is 5.18 Å². The molecule has 1 aromatic heterocycles. The molecule has 0 radical (unpaired) electrons. The van der Waals surface area contributed by atoms with Crippen LogP contribution in [0.15, 0.2) is 47.6 Å². The van der Waals surface area contributed by atoms with Crippen molar-refractivity contribution in [1.82, 2.24) is 4.57 Å². The number of nitroso groups, excluding NO2 is 1. The number of nitrogens with zero attached hydrogens (tertiary/aromatic N) is 2. The Morgan fingerprint density at radius 3 is 2.57 bits per heavy atom. The molecule has 0 bridgehead atoms. The maximum absolute atomic E-state index is 11.1. The van der Waals surface area contributed by atoms with E-state index in [9.17, 15) is 10.0 Å². The minimum atomic E-state index is -0.114. The number of aryl methyl sites for hydroxylation is 2. The lowest BCUT2D eigenvalue weighted by Crippen LogP contribution is -2.07. The second-order valence-electron chi connectivity index (χ2n) is 5.55. The second-order valence-corrected chi connectivity index (χ2v) is 5.55. The van der Waals surface area contributed by atoms with Gasteiger partial charge in [0.1, 0.15) is 12.4 Å². The van der Waals surface area contributed by atoms with Crippen molar-refractivity contribution in [3.63, 3.8) is 0 Å². The molecule has 0 saturated heterocycles. The van der Waals surface area contributed by atoms with Crippen molar-refractivity contribution >= 4 is 16.6 Å². The largest absolute Gasteiger partial charge is 0.493 e. The summed E-state index contributed by atoms with van der Waals surface area (Å²) in [5.41, 5.74) is 2.95. The highest BCUT2D eigenvalue weighted by Crippen LogP contribution is 2.40. The molecule has 0 unspecified atom stereocenters. The van der Waals surface area contributed by atoms with Gasteiger partial charge in [0.15, 0.2) is 5.69 Å². The summed E-state index contributed by atoms with van der Waals surface area (Å²) < 4.78 is 7.36. The molecule has 5 heteroatoms. The number of rotatable bonds is 5. The quantitative estimate of drug-likeness (QED) is 0.708. The van der Waals surface area contributed by atoms with E-state index in [-0.39, 0.29) is 11.6 Å². The molecule has 3 aromatic rings. The molecule has 1 N–H and O–H groups in total. The van der Waals surface area contributed by atoms with E-state index >= 15 is 0 Å². The molecule has 0 aliphatic carbocycles. The lowest BCUT2D eigenvalue weighted by atomic mass is 10.1. The highest BCUT2D eigenvalue weighted by atomic mass is 16.5. The van der Waals surface area contributed by atoms with Crippen molar-refractivity contribution in [2.75, 3.05) is 6.61 Å². The van der Waals surface area contributed by atoms with Crippen molar-refractivity contribution in [2.45, 2.75) is 20.4 Å². The maximum Gasteiger partial charge on any atom is 0.222 e. The van der Waals surface area contributed by atoms with Crippen LogP contribution in [0, 0.1) is 18.8 Å². The van der Waals surface area contributed by atoms with Gasteiger partial charge in [0.05, 0.1) is 12.1 Å². The predicted octanol–water partition coefficient (Wildman–Crippen LogP) is 4.44. The van der Waals surface area contributed by atoms with Gasteiger partial charge in [-0.25, -0.2) is 0 Å². The van der Waals surface area contributed by atoms with Crippen LogP contribution in [0.5, 0.6) is 11.6 Å². The van der Waals surface area contributed by atoms with E-state index in [4.69, 9.17) is 4.74 Å². The fourth-order valence-electron chi connectivity index (χ4n) is 2.74. The topological polar surface area (TPSA) is 63.8 Å². The first kappa shape index (κ1) is 15.1. The molecule has 0 atom stereocenters. The van der Waals surface area contributed by atoms with Crippen LogP contribution in [0.1, 0.15) is 11.1 Å². The first-order valence-corrected chi connectivity index (χ1v) is 7.45. The maximum atomic E-state index is 11.1. The summed E-state index contributed by atoms with van der Waals surface area (Å²) >= 11 is 0. The van der Waals surface area contributed by atoms with Crippen LogP contribution < -0.4 is 4.74 Å². The molecule has 1 heterocycles. The number of hydrogen-bond donors (Lipinski definition) is 1. The fraction of sp³-hybridized carbons (Fsp3) is 0.222. The summed E-state index contributed by atoms with van der Waals surface area (Å²) in [7, 11) is 0. The SMILES string of the molecule is Cc1ccc(OCCn2c(O)c(N=O)c3c(C)cccc32)cc1. The molecule has 0 amide bonds. The number of aromatic hydroxyl groups is 1. The standard InChI is InChI=1S/C18H18N2O3/c1-12-6-8-14(9-7-12)23-11-10-20-15-5-3-4-13(2)16(15)17(19-22)18(20)21/h3-9,21H,10-11H2,1-2H3. The van der Waals surface area contributed by atoms with Gasteiger partial charge in [-0.2, -0.15) is 0 Å². The van der Waals surface area contributed by atoms with Gasteiger partial charge in [-0.05, 0) is 42.8 Å². The van der Waals surface area contributed by atoms with Gasteiger partial charge >= 0.3 is 0 Å². The highest BCUT2D eigenvalue weighted by molar-refractivity contribution is 5.97. The molecule has 3 rings (SSSR count). The van der Waals surface area contributed by atoms with Crippen LogP contribution in [0.3, 0.4) is 0 Å². The summed E-state index contributed by atoms with van der Waals surface area (Å²) in [5.74, 6) is 0.660. The zero-order valence-corrected chi connectivity index (χ0v) is 13.1. The number of aromatic nitrogens is 1. The van der Waals surface area contributed by atoms with E-state index < -0.39 is 0 Å². The minimum Gasteiger partial charge on any atom is -0.493 e. The van der Waals surface area contributed by atoms with E-state index in [0.29, 0.717) is 18.5 Å².